The fraction of sp³-hybridized carbons (Fsp3) is 0.125. The van der Waals surface area contributed by atoms with Crippen molar-refractivity contribution in [3.05, 3.63) is 34.5 Å². The highest BCUT2D eigenvalue weighted by Crippen LogP contribution is 1.90. The second-order valence-electron chi connectivity index (χ2n) is 2.06. The summed E-state index contributed by atoms with van der Waals surface area (Å²) in [7, 11) is 1.44. The number of aliphatic hydroxyl groups is 1. The van der Waals surface area contributed by atoms with Crippen LogP contribution in [0.15, 0.2) is 29.3 Å². The first kappa shape index (κ1) is 7.64. The van der Waals surface area contributed by atoms with E-state index in [-0.39, 0.29) is 10.8 Å². The Morgan fingerprint density at radius 2 is 2.36 bits per heavy atom. The van der Waals surface area contributed by atoms with Crippen LogP contribution in [0, 0.1) is 17.0 Å². The lowest BCUT2D eigenvalue weighted by Crippen LogP contribution is -3.01. The molecule has 1 unspecified atom stereocenters. The van der Waals surface area contributed by atoms with Crippen molar-refractivity contribution >= 4 is 0 Å². The summed E-state index contributed by atoms with van der Waals surface area (Å²) < 4.78 is 0. The molecule has 3 nitrogen and oxygen atoms in total. The number of hydrogen-bond acceptors (Lipinski definition) is 2. The number of likely N-dealkylation sites (N-methyl/N-ethyl adjacent to an activating group) is 1. The first-order valence-electron chi connectivity index (χ1n) is 3.08. The highest BCUT2D eigenvalue weighted by molar-refractivity contribution is 5.34. The van der Waals surface area contributed by atoms with Gasteiger partial charge in [0.2, 0.25) is 5.76 Å². The number of hydrogen-bond donors (Lipinski definition) is 2. The molecule has 0 fully saturated rings. The average molecular weight is 149 g/mol. The summed E-state index contributed by atoms with van der Waals surface area (Å²) in [5.74, 6) is 4.75. The maximum absolute atomic E-state index is 10.8. The van der Waals surface area contributed by atoms with E-state index in [4.69, 9.17) is 5.11 Å². The van der Waals surface area contributed by atoms with E-state index in [2.05, 4.69) is 17.6 Å². The molecule has 1 aliphatic carbocycles. The normalized spacial score (nSPS) is 17.3. The average Bonchev–Trinajstić information content (AvgIpc) is 2.13. The molecular weight excluding hydrogens is 142 g/mol. The van der Waals surface area contributed by atoms with Crippen molar-refractivity contribution in [3.8, 4) is 11.8 Å². The van der Waals surface area contributed by atoms with Crippen LogP contribution in [0.2, 0.25) is 0 Å². The third-order valence-electron chi connectivity index (χ3n) is 1.19. The van der Waals surface area contributed by atoms with E-state index in [1.54, 1.807) is 0 Å². The van der Waals surface area contributed by atoms with E-state index < -0.39 is 0 Å². The smallest absolute Gasteiger partial charge is 0.212 e. The number of nitrogens with one attached hydrogen (secondary N) is 1. The van der Waals surface area contributed by atoms with Gasteiger partial charge < -0.3 is 15.4 Å². The standard InChI is InChI=1S/C8H7NO2/c1-9(11)7-3-2-4-8(10)6-5-7/h3,5,9-10H,1H3. The molecule has 3 heteroatoms. The van der Waals surface area contributed by atoms with Gasteiger partial charge in [-0.3, -0.25) is 0 Å². The molecule has 0 heterocycles. The van der Waals surface area contributed by atoms with Crippen LogP contribution in [0.25, 0.3) is 0 Å². The summed E-state index contributed by atoms with van der Waals surface area (Å²) >= 11 is 0. The van der Waals surface area contributed by atoms with Crippen LogP contribution < -0.4 is 5.06 Å². The van der Waals surface area contributed by atoms with Crippen LogP contribution in [-0.2, 0) is 0 Å². The van der Waals surface area contributed by atoms with E-state index in [1.165, 1.54) is 19.2 Å². The first-order chi connectivity index (χ1) is 5.20. The molecular formula is C8H7NO2. The Bertz CT molecular complexity index is 309. The minimum absolute atomic E-state index is 0.0819. The van der Waals surface area contributed by atoms with E-state index in [1.807, 2.05) is 0 Å². The summed E-state index contributed by atoms with van der Waals surface area (Å²) in [6, 6.07) is 0. The van der Waals surface area contributed by atoms with Crippen molar-refractivity contribution in [3.63, 3.8) is 0 Å². The van der Waals surface area contributed by atoms with Gasteiger partial charge in [-0.05, 0) is 5.92 Å². The van der Waals surface area contributed by atoms with Crippen molar-refractivity contribution in [2.45, 2.75) is 0 Å². The molecule has 11 heavy (non-hydrogen) atoms. The van der Waals surface area contributed by atoms with Crippen LogP contribution >= 0.6 is 0 Å². The van der Waals surface area contributed by atoms with Gasteiger partial charge in [0.15, 0.2) is 0 Å². The molecule has 0 aromatic heterocycles. The lowest BCUT2D eigenvalue weighted by atomic mass is 10.4. The SMILES string of the molecule is C[NH+]([O-])C1=CC#CC(O)=C=C1. The van der Waals surface area contributed by atoms with Gasteiger partial charge in [-0.25, -0.2) is 0 Å². The van der Waals surface area contributed by atoms with E-state index in [0.717, 1.165) is 0 Å². The Kier molecular flexibility index (Phi) is 2.15. The second kappa shape index (κ2) is 3.09. The van der Waals surface area contributed by atoms with Crippen molar-refractivity contribution in [2.24, 2.45) is 0 Å². The second-order valence-corrected chi connectivity index (χ2v) is 2.06. The van der Waals surface area contributed by atoms with E-state index >= 15 is 0 Å². The van der Waals surface area contributed by atoms with Gasteiger partial charge in [-0.1, -0.05) is 11.7 Å². The topological polar surface area (TPSA) is 47.7 Å². The lowest BCUT2D eigenvalue weighted by molar-refractivity contribution is -0.778. The summed E-state index contributed by atoms with van der Waals surface area (Å²) in [4.78, 5) is 0. The number of aliphatic hydroxyl groups excluding tert-OH is 1. The van der Waals surface area contributed by atoms with Crippen molar-refractivity contribution in [2.75, 3.05) is 7.05 Å². The fourth-order valence-electron chi connectivity index (χ4n) is 0.609. The van der Waals surface area contributed by atoms with E-state index in [9.17, 15) is 5.21 Å². The highest BCUT2D eigenvalue weighted by Gasteiger charge is 1.96. The predicted octanol–water partition coefficient (Wildman–Crippen LogP) is -0.503. The Labute approximate surface area is 64.5 Å². The lowest BCUT2D eigenvalue weighted by Gasteiger charge is -2.14. The summed E-state index contributed by atoms with van der Waals surface area (Å²) in [5, 5.41) is 19.5. The first-order valence-corrected chi connectivity index (χ1v) is 3.08. The summed E-state index contributed by atoms with van der Waals surface area (Å²) in [5.41, 5.74) is 2.92. The summed E-state index contributed by atoms with van der Waals surface area (Å²) in [6.45, 7) is 0. The molecule has 1 atom stereocenters. The number of allylic oxidation sites excluding steroid dienone is 2. The van der Waals surface area contributed by atoms with Crippen molar-refractivity contribution in [1.82, 2.24) is 0 Å². The molecule has 0 aliphatic heterocycles. The van der Waals surface area contributed by atoms with Crippen molar-refractivity contribution in [1.29, 1.82) is 0 Å². The van der Waals surface area contributed by atoms with Crippen LogP contribution in [0.3, 0.4) is 0 Å². The third kappa shape index (κ3) is 1.99. The molecule has 0 spiro atoms. The van der Waals surface area contributed by atoms with Crippen LogP contribution in [0.4, 0.5) is 0 Å². The predicted molar refractivity (Wildman–Crippen MR) is 40.3 cm³/mol. The molecule has 2 N–H and O–H groups in total. The molecule has 1 rings (SSSR count). The molecule has 0 saturated carbocycles. The van der Waals surface area contributed by atoms with Gasteiger partial charge in [0.1, 0.15) is 5.70 Å². The zero-order valence-electron chi connectivity index (χ0n) is 6.01. The molecule has 0 aromatic rings. The molecule has 1 aliphatic rings. The Balaban J connectivity index is 2.99. The van der Waals surface area contributed by atoms with Gasteiger partial charge in [-0.2, -0.15) is 0 Å². The zero-order valence-corrected chi connectivity index (χ0v) is 6.01. The molecule has 0 radical (unpaired) electrons. The van der Waals surface area contributed by atoms with Gasteiger partial charge >= 0.3 is 0 Å². The van der Waals surface area contributed by atoms with Crippen molar-refractivity contribution < 1.29 is 10.2 Å². The fourth-order valence-corrected chi connectivity index (χ4v) is 0.609. The number of quaternary nitrogens is 1. The minimum Gasteiger partial charge on any atom is -0.629 e. The zero-order chi connectivity index (χ0) is 8.27. The van der Waals surface area contributed by atoms with Gasteiger partial charge in [0.05, 0.1) is 13.1 Å². The van der Waals surface area contributed by atoms with Gasteiger partial charge in [0.25, 0.3) is 0 Å². The number of rotatable bonds is 1. The molecule has 56 valence electrons. The molecule has 0 aromatic carbocycles. The number of hydroxylamine groups is 2. The third-order valence-corrected chi connectivity index (χ3v) is 1.19. The Hall–Kier alpha value is -1.46. The van der Waals surface area contributed by atoms with Crippen LogP contribution in [0.5, 0.6) is 0 Å². The maximum atomic E-state index is 10.8. The van der Waals surface area contributed by atoms with Crippen LogP contribution in [0.1, 0.15) is 0 Å². The molecule has 0 amide bonds. The van der Waals surface area contributed by atoms with Crippen LogP contribution in [-0.4, -0.2) is 12.2 Å². The monoisotopic (exact) mass is 149 g/mol. The molecule has 0 bridgehead atoms. The Morgan fingerprint density at radius 1 is 1.64 bits per heavy atom. The van der Waals surface area contributed by atoms with Gasteiger partial charge in [0, 0.05) is 6.08 Å². The highest BCUT2D eigenvalue weighted by atomic mass is 16.5. The van der Waals surface area contributed by atoms with Gasteiger partial charge in [-0.15, -0.1) is 0 Å². The minimum atomic E-state index is -0.141. The summed E-state index contributed by atoms with van der Waals surface area (Å²) in [6.07, 6.45) is 2.86. The largest absolute Gasteiger partial charge is 0.629 e. The Morgan fingerprint density at radius 3 is 3.00 bits per heavy atom. The van der Waals surface area contributed by atoms with E-state index in [0.29, 0.717) is 5.70 Å². The molecule has 0 saturated heterocycles. The quantitative estimate of drug-likeness (QED) is 0.300. The maximum Gasteiger partial charge on any atom is 0.212 e.